The largest absolute Gasteiger partial charge is 0.494 e. The maximum absolute atomic E-state index is 12.6. The minimum Gasteiger partial charge on any atom is -0.494 e. The lowest BCUT2D eigenvalue weighted by atomic mass is 10.0. The Labute approximate surface area is 170 Å². The summed E-state index contributed by atoms with van der Waals surface area (Å²) in [7, 11) is 0. The zero-order valence-electron chi connectivity index (χ0n) is 16.4. The van der Waals surface area contributed by atoms with E-state index in [0.29, 0.717) is 18.9 Å². The second-order valence-corrected chi connectivity index (χ2v) is 6.21. The fourth-order valence-electron chi connectivity index (χ4n) is 3.01. The van der Waals surface area contributed by atoms with Gasteiger partial charge in [-0.25, -0.2) is 0 Å². The van der Waals surface area contributed by atoms with E-state index < -0.39 is 5.91 Å². The van der Waals surface area contributed by atoms with Crippen LogP contribution in [0, 0.1) is 11.3 Å². The first-order chi connectivity index (χ1) is 14.2. The molecule has 5 heteroatoms. The lowest BCUT2D eigenvalue weighted by Gasteiger charge is -2.10. The summed E-state index contributed by atoms with van der Waals surface area (Å²) in [4.78, 5) is 12.6. The molecule has 0 fully saturated rings. The van der Waals surface area contributed by atoms with Crippen LogP contribution in [0.5, 0.6) is 11.5 Å². The molecule has 0 aliphatic heterocycles. The third-order valence-electron chi connectivity index (χ3n) is 4.31. The predicted octanol–water partition coefficient (Wildman–Crippen LogP) is 5.18. The van der Waals surface area contributed by atoms with Gasteiger partial charge in [0.2, 0.25) is 0 Å². The lowest BCUT2D eigenvalue weighted by molar-refractivity contribution is -0.112. The van der Waals surface area contributed by atoms with Crippen molar-refractivity contribution in [3.63, 3.8) is 0 Å². The van der Waals surface area contributed by atoms with Gasteiger partial charge in [0.25, 0.3) is 5.91 Å². The summed E-state index contributed by atoms with van der Waals surface area (Å²) in [6.07, 6.45) is 1.60. The molecule has 0 saturated heterocycles. The van der Waals surface area contributed by atoms with Crippen LogP contribution in [0.4, 0.5) is 5.69 Å². The molecule has 5 nitrogen and oxygen atoms in total. The normalized spacial score (nSPS) is 11.0. The van der Waals surface area contributed by atoms with E-state index in [1.807, 2.05) is 56.3 Å². The number of nitrogens with zero attached hydrogens (tertiary/aromatic N) is 1. The van der Waals surface area contributed by atoms with Crippen molar-refractivity contribution in [2.45, 2.75) is 13.8 Å². The predicted molar refractivity (Wildman–Crippen MR) is 115 cm³/mol. The Morgan fingerprint density at radius 2 is 1.66 bits per heavy atom. The van der Waals surface area contributed by atoms with Gasteiger partial charge in [-0.3, -0.25) is 4.79 Å². The highest BCUT2D eigenvalue weighted by molar-refractivity contribution is 6.11. The van der Waals surface area contributed by atoms with Crippen molar-refractivity contribution in [3.05, 3.63) is 71.8 Å². The van der Waals surface area contributed by atoms with Crippen molar-refractivity contribution in [1.29, 1.82) is 5.26 Å². The van der Waals surface area contributed by atoms with Gasteiger partial charge in [0.1, 0.15) is 23.1 Å². The quantitative estimate of drug-likeness (QED) is 0.448. The molecule has 0 saturated carbocycles. The highest BCUT2D eigenvalue weighted by Gasteiger charge is 2.12. The van der Waals surface area contributed by atoms with Crippen LogP contribution in [0.1, 0.15) is 19.4 Å². The van der Waals surface area contributed by atoms with Gasteiger partial charge in [-0.05, 0) is 61.2 Å². The van der Waals surface area contributed by atoms with Crippen LogP contribution < -0.4 is 14.8 Å². The smallest absolute Gasteiger partial charge is 0.266 e. The number of hydrogen-bond donors (Lipinski definition) is 1. The molecular weight excluding hydrogens is 364 g/mol. The molecule has 3 aromatic rings. The van der Waals surface area contributed by atoms with Crippen LogP contribution in [0.15, 0.2) is 66.2 Å². The lowest BCUT2D eigenvalue weighted by Crippen LogP contribution is -2.13. The van der Waals surface area contributed by atoms with Gasteiger partial charge < -0.3 is 14.8 Å². The number of hydrogen-bond acceptors (Lipinski definition) is 4. The number of rotatable bonds is 7. The van der Waals surface area contributed by atoms with Crippen molar-refractivity contribution in [1.82, 2.24) is 0 Å². The zero-order valence-corrected chi connectivity index (χ0v) is 16.4. The molecule has 3 rings (SSSR count). The van der Waals surface area contributed by atoms with Gasteiger partial charge in [0.15, 0.2) is 0 Å². The fourth-order valence-corrected chi connectivity index (χ4v) is 3.01. The summed E-state index contributed by atoms with van der Waals surface area (Å²) in [5, 5.41) is 14.1. The molecule has 1 N–H and O–H groups in total. The summed E-state index contributed by atoms with van der Waals surface area (Å²) in [5.74, 6) is 1.04. The number of carbonyl (C=O) groups excluding carboxylic acids is 1. The Hall–Kier alpha value is -3.78. The highest BCUT2D eigenvalue weighted by atomic mass is 16.5. The van der Waals surface area contributed by atoms with E-state index in [0.717, 1.165) is 27.8 Å². The number of benzene rings is 3. The van der Waals surface area contributed by atoms with Crippen LogP contribution in [0.2, 0.25) is 0 Å². The second-order valence-electron chi connectivity index (χ2n) is 6.21. The number of carbonyl (C=O) groups is 1. The zero-order chi connectivity index (χ0) is 20.6. The Balaban J connectivity index is 1.88. The Morgan fingerprint density at radius 1 is 0.966 bits per heavy atom. The van der Waals surface area contributed by atoms with Crippen LogP contribution >= 0.6 is 0 Å². The van der Waals surface area contributed by atoms with Crippen LogP contribution in [-0.4, -0.2) is 19.1 Å². The van der Waals surface area contributed by atoms with Crippen molar-refractivity contribution in [2.24, 2.45) is 0 Å². The standard InChI is InChI=1S/C24H22N2O3/c1-3-28-20-12-10-19(11-13-20)26-24(27)18(16-25)15-17-9-14-23(29-4-2)22-8-6-5-7-21(17)22/h5-15H,3-4H2,1-2H3,(H,26,27)/b18-15-. The maximum atomic E-state index is 12.6. The first-order valence-electron chi connectivity index (χ1n) is 9.46. The molecule has 0 heterocycles. The number of anilines is 1. The highest BCUT2D eigenvalue weighted by Crippen LogP contribution is 2.30. The molecule has 146 valence electrons. The summed E-state index contributed by atoms with van der Waals surface area (Å²) < 4.78 is 11.1. The molecule has 3 aromatic carbocycles. The average Bonchev–Trinajstić information content (AvgIpc) is 2.75. The van der Waals surface area contributed by atoms with Crippen molar-refractivity contribution in [3.8, 4) is 17.6 Å². The molecule has 1 amide bonds. The SMILES string of the molecule is CCOc1ccc(NC(=O)/C(C#N)=C\c2ccc(OCC)c3ccccc23)cc1. The molecule has 0 aliphatic carbocycles. The van der Waals surface area contributed by atoms with Gasteiger partial charge in [-0.2, -0.15) is 5.26 Å². The Morgan fingerprint density at radius 3 is 2.31 bits per heavy atom. The monoisotopic (exact) mass is 386 g/mol. The van der Waals surface area contributed by atoms with Gasteiger partial charge in [0, 0.05) is 11.1 Å². The molecule has 29 heavy (non-hydrogen) atoms. The third kappa shape index (κ3) is 4.74. The van der Waals surface area contributed by atoms with E-state index in [-0.39, 0.29) is 5.57 Å². The molecule has 0 aliphatic rings. The number of ether oxygens (including phenoxy) is 2. The number of nitrogens with one attached hydrogen (secondary N) is 1. The van der Waals surface area contributed by atoms with Gasteiger partial charge in [-0.15, -0.1) is 0 Å². The topological polar surface area (TPSA) is 71.3 Å². The Bertz CT molecular complexity index is 1080. The van der Waals surface area contributed by atoms with Crippen LogP contribution in [0.3, 0.4) is 0 Å². The molecule has 0 radical (unpaired) electrons. The molecule has 0 spiro atoms. The van der Waals surface area contributed by atoms with Crippen LogP contribution in [0.25, 0.3) is 16.8 Å². The fraction of sp³-hybridized carbons (Fsp3) is 0.167. The third-order valence-corrected chi connectivity index (χ3v) is 4.31. The van der Waals surface area contributed by atoms with Crippen molar-refractivity contribution < 1.29 is 14.3 Å². The molecule has 0 unspecified atom stereocenters. The first kappa shape index (κ1) is 20.0. The first-order valence-corrected chi connectivity index (χ1v) is 9.46. The molecule has 0 bridgehead atoms. The summed E-state index contributed by atoms with van der Waals surface area (Å²) >= 11 is 0. The average molecular weight is 386 g/mol. The summed E-state index contributed by atoms with van der Waals surface area (Å²) in [6, 6.07) is 20.5. The van der Waals surface area contributed by atoms with Gasteiger partial charge >= 0.3 is 0 Å². The number of amides is 1. The molecular formula is C24H22N2O3. The van der Waals surface area contributed by atoms with E-state index in [4.69, 9.17) is 9.47 Å². The number of fused-ring (bicyclic) bond motifs is 1. The van der Waals surface area contributed by atoms with E-state index in [9.17, 15) is 10.1 Å². The minimum atomic E-state index is -0.463. The van der Waals surface area contributed by atoms with Gasteiger partial charge in [0.05, 0.1) is 13.2 Å². The molecule has 0 aromatic heterocycles. The summed E-state index contributed by atoms with van der Waals surface area (Å²) in [5.41, 5.74) is 1.40. The molecule has 0 atom stereocenters. The van der Waals surface area contributed by atoms with Crippen molar-refractivity contribution in [2.75, 3.05) is 18.5 Å². The maximum Gasteiger partial charge on any atom is 0.266 e. The van der Waals surface area contributed by atoms with E-state index in [1.54, 1.807) is 30.3 Å². The summed E-state index contributed by atoms with van der Waals surface area (Å²) in [6.45, 7) is 4.97. The van der Waals surface area contributed by atoms with Gasteiger partial charge in [-0.1, -0.05) is 30.3 Å². The van der Waals surface area contributed by atoms with Crippen LogP contribution in [-0.2, 0) is 4.79 Å². The Kier molecular flexibility index (Phi) is 6.49. The van der Waals surface area contributed by atoms with E-state index in [2.05, 4.69) is 5.32 Å². The van der Waals surface area contributed by atoms with E-state index in [1.165, 1.54) is 0 Å². The van der Waals surface area contributed by atoms with E-state index >= 15 is 0 Å². The number of nitriles is 1. The second kappa shape index (κ2) is 9.43. The van der Waals surface area contributed by atoms with Crippen molar-refractivity contribution >= 4 is 28.4 Å². The minimum absolute atomic E-state index is 0.0215.